The van der Waals surface area contributed by atoms with Gasteiger partial charge in [-0.2, -0.15) is 0 Å². The summed E-state index contributed by atoms with van der Waals surface area (Å²) >= 11 is 0. The quantitative estimate of drug-likeness (QED) is 0.864. The molecule has 0 N–H and O–H groups in total. The van der Waals surface area contributed by atoms with Crippen LogP contribution in [0.1, 0.15) is 29.6 Å². The molecule has 1 fully saturated rings. The van der Waals surface area contributed by atoms with Gasteiger partial charge in [-0.25, -0.2) is 22.1 Å². The number of sulfonamides is 1. The van der Waals surface area contributed by atoms with Gasteiger partial charge in [-0.15, -0.1) is 0 Å². The molecule has 7 heteroatoms. The average molecular weight is 324 g/mol. The third-order valence-electron chi connectivity index (χ3n) is 3.83. The topological polar surface area (TPSA) is 63.4 Å². The standard InChI is InChI=1S/C15H17FN2O3S/c1-22(19,20)18-7-6-12(10-18)15-17-9-14(21-15)8-11-2-4-13(16)5-3-11/h2-5,9,12H,6-8,10H2,1H3/t12-/m1/s1. The highest BCUT2D eigenvalue weighted by Crippen LogP contribution is 2.28. The Kier molecular flexibility index (Phi) is 4.01. The molecular weight excluding hydrogens is 307 g/mol. The van der Waals surface area contributed by atoms with Gasteiger partial charge in [0.05, 0.1) is 18.4 Å². The van der Waals surface area contributed by atoms with Crippen LogP contribution >= 0.6 is 0 Å². The number of benzene rings is 1. The molecule has 0 radical (unpaired) electrons. The lowest BCUT2D eigenvalue weighted by Crippen LogP contribution is -2.27. The zero-order chi connectivity index (χ0) is 15.7. The van der Waals surface area contributed by atoms with Gasteiger partial charge in [-0.3, -0.25) is 0 Å². The fourth-order valence-corrected chi connectivity index (χ4v) is 3.52. The lowest BCUT2D eigenvalue weighted by molar-refractivity contribution is 0.418. The maximum atomic E-state index is 12.9. The van der Waals surface area contributed by atoms with Gasteiger partial charge >= 0.3 is 0 Å². The average Bonchev–Trinajstić information content (AvgIpc) is 3.09. The van der Waals surface area contributed by atoms with Crippen LogP contribution in [0.5, 0.6) is 0 Å². The largest absolute Gasteiger partial charge is 0.445 e. The summed E-state index contributed by atoms with van der Waals surface area (Å²) in [5, 5.41) is 0. The third-order valence-corrected chi connectivity index (χ3v) is 5.10. The SMILES string of the molecule is CS(=O)(=O)N1CC[C@@H](c2ncc(Cc3ccc(F)cc3)o2)C1. The highest BCUT2D eigenvalue weighted by atomic mass is 32.2. The molecule has 1 saturated heterocycles. The number of hydrogen-bond acceptors (Lipinski definition) is 4. The molecule has 0 saturated carbocycles. The third kappa shape index (κ3) is 3.36. The number of nitrogens with zero attached hydrogens (tertiary/aromatic N) is 2. The van der Waals surface area contributed by atoms with Crippen molar-refractivity contribution in [2.24, 2.45) is 0 Å². The zero-order valence-corrected chi connectivity index (χ0v) is 13.0. The first kappa shape index (κ1) is 15.2. The summed E-state index contributed by atoms with van der Waals surface area (Å²) in [6.07, 6.45) is 4.12. The number of oxazole rings is 1. The van der Waals surface area contributed by atoms with Crippen LogP contribution in [0.4, 0.5) is 4.39 Å². The Morgan fingerprint density at radius 3 is 2.73 bits per heavy atom. The summed E-state index contributed by atoms with van der Waals surface area (Å²) in [6, 6.07) is 6.23. The van der Waals surface area contributed by atoms with Crippen LogP contribution in [0.15, 0.2) is 34.9 Å². The van der Waals surface area contributed by atoms with Crippen LogP contribution in [0, 0.1) is 5.82 Å². The molecule has 1 aromatic carbocycles. The number of halogens is 1. The molecular formula is C15H17FN2O3S. The molecule has 0 spiro atoms. The van der Waals surface area contributed by atoms with Crippen molar-refractivity contribution in [2.75, 3.05) is 19.3 Å². The summed E-state index contributed by atoms with van der Waals surface area (Å²) in [7, 11) is -3.16. The number of rotatable bonds is 4. The first-order valence-electron chi connectivity index (χ1n) is 7.06. The normalized spacial score (nSPS) is 19.6. The monoisotopic (exact) mass is 324 g/mol. The van der Waals surface area contributed by atoms with E-state index >= 15 is 0 Å². The van der Waals surface area contributed by atoms with E-state index in [1.54, 1.807) is 18.3 Å². The minimum atomic E-state index is -3.16. The first-order chi connectivity index (χ1) is 10.4. The molecule has 0 amide bonds. The Morgan fingerprint density at radius 1 is 1.36 bits per heavy atom. The van der Waals surface area contributed by atoms with E-state index < -0.39 is 10.0 Å². The van der Waals surface area contributed by atoms with Crippen molar-refractivity contribution in [1.29, 1.82) is 0 Å². The van der Waals surface area contributed by atoms with Crippen molar-refractivity contribution in [2.45, 2.75) is 18.8 Å². The summed E-state index contributed by atoms with van der Waals surface area (Å²) in [5.74, 6) is 0.994. The van der Waals surface area contributed by atoms with Gasteiger partial charge in [-0.1, -0.05) is 12.1 Å². The molecule has 5 nitrogen and oxygen atoms in total. The Labute approximate surface area is 128 Å². The minimum absolute atomic E-state index is 0.00306. The van der Waals surface area contributed by atoms with E-state index in [4.69, 9.17) is 4.42 Å². The molecule has 1 atom stereocenters. The van der Waals surface area contributed by atoms with Crippen LogP contribution in [-0.4, -0.2) is 37.1 Å². The number of aromatic nitrogens is 1. The van der Waals surface area contributed by atoms with E-state index in [0.717, 1.165) is 5.56 Å². The molecule has 1 aliphatic rings. The van der Waals surface area contributed by atoms with Gasteiger partial charge in [-0.05, 0) is 24.1 Å². The minimum Gasteiger partial charge on any atom is -0.445 e. The van der Waals surface area contributed by atoms with Gasteiger partial charge in [0.15, 0.2) is 5.89 Å². The van der Waals surface area contributed by atoms with Crippen LogP contribution in [0.2, 0.25) is 0 Å². The predicted octanol–water partition coefficient (Wildman–Crippen LogP) is 2.15. The van der Waals surface area contributed by atoms with Crippen molar-refractivity contribution < 1.29 is 17.2 Å². The van der Waals surface area contributed by atoms with E-state index in [2.05, 4.69) is 4.98 Å². The molecule has 3 rings (SSSR count). The van der Waals surface area contributed by atoms with E-state index in [9.17, 15) is 12.8 Å². The molecule has 1 aromatic heterocycles. The summed E-state index contributed by atoms with van der Waals surface area (Å²) in [6.45, 7) is 0.911. The van der Waals surface area contributed by atoms with E-state index in [1.165, 1.54) is 22.7 Å². The predicted molar refractivity (Wildman–Crippen MR) is 79.5 cm³/mol. The van der Waals surface area contributed by atoms with Crippen LogP contribution in [-0.2, 0) is 16.4 Å². The number of hydrogen-bond donors (Lipinski definition) is 0. The highest BCUT2D eigenvalue weighted by Gasteiger charge is 2.32. The summed E-state index contributed by atoms with van der Waals surface area (Å²) < 4.78 is 43.1. The van der Waals surface area contributed by atoms with E-state index in [1.807, 2.05) is 0 Å². The molecule has 0 bridgehead atoms. The van der Waals surface area contributed by atoms with Crippen LogP contribution < -0.4 is 0 Å². The highest BCUT2D eigenvalue weighted by molar-refractivity contribution is 7.88. The molecule has 2 heterocycles. The van der Waals surface area contributed by atoms with Crippen molar-refractivity contribution >= 4 is 10.0 Å². The van der Waals surface area contributed by atoms with Crippen molar-refractivity contribution in [3.8, 4) is 0 Å². The summed E-state index contributed by atoms with van der Waals surface area (Å²) in [4.78, 5) is 4.27. The van der Waals surface area contributed by atoms with Gasteiger partial charge in [0.2, 0.25) is 10.0 Å². The second-order valence-electron chi connectivity index (χ2n) is 5.57. The molecule has 0 aliphatic carbocycles. The second-order valence-corrected chi connectivity index (χ2v) is 7.56. The van der Waals surface area contributed by atoms with Crippen LogP contribution in [0.3, 0.4) is 0 Å². The molecule has 22 heavy (non-hydrogen) atoms. The lowest BCUT2D eigenvalue weighted by atomic mass is 10.1. The smallest absolute Gasteiger partial charge is 0.211 e. The van der Waals surface area contributed by atoms with Gasteiger partial charge in [0.1, 0.15) is 11.6 Å². The molecule has 118 valence electrons. The second kappa shape index (κ2) is 5.81. The van der Waals surface area contributed by atoms with E-state index in [-0.39, 0.29) is 11.7 Å². The molecule has 1 aliphatic heterocycles. The molecule has 0 unspecified atom stereocenters. The van der Waals surface area contributed by atoms with Crippen molar-refractivity contribution in [3.05, 3.63) is 53.5 Å². The Morgan fingerprint density at radius 2 is 2.09 bits per heavy atom. The Balaban J connectivity index is 1.68. The fraction of sp³-hybridized carbons (Fsp3) is 0.400. The maximum absolute atomic E-state index is 12.9. The van der Waals surface area contributed by atoms with Crippen LogP contribution in [0.25, 0.3) is 0 Å². The maximum Gasteiger partial charge on any atom is 0.211 e. The first-order valence-corrected chi connectivity index (χ1v) is 8.91. The van der Waals surface area contributed by atoms with E-state index in [0.29, 0.717) is 37.6 Å². The fourth-order valence-electron chi connectivity index (χ4n) is 2.63. The lowest BCUT2D eigenvalue weighted by Gasteiger charge is -2.11. The summed E-state index contributed by atoms with van der Waals surface area (Å²) in [5.41, 5.74) is 0.938. The Hall–Kier alpha value is -1.73. The van der Waals surface area contributed by atoms with Crippen molar-refractivity contribution in [1.82, 2.24) is 9.29 Å². The molecule has 2 aromatic rings. The van der Waals surface area contributed by atoms with Gasteiger partial charge in [0, 0.05) is 19.5 Å². The van der Waals surface area contributed by atoms with Crippen molar-refractivity contribution in [3.63, 3.8) is 0 Å². The zero-order valence-electron chi connectivity index (χ0n) is 12.2. The Bertz CT molecular complexity index is 755. The van der Waals surface area contributed by atoms with Gasteiger partial charge in [0.25, 0.3) is 0 Å². The van der Waals surface area contributed by atoms with Gasteiger partial charge < -0.3 is 4.42 Å².